The summed E-state index contributed by atoms with van der Waals surface area (Å²) in [6.45, 7) is 3.52. The minimum atomic E-state index is 0.452. The first kappa shape index (κ1) is 14.5. The molecule has 1 aromatic carbocycles. The van der Waals surface area contributed by atoms with Crippen LogP contribution >= 0.6 is 0 Å². The van der Waals surface area contributed by atoms with Crippen molar-refractivity contribution in [1.82, 2.24) is 4.90 Å². The van der Waals surface area contributed by atoms with Crippen LogP contribution in [0.5, 0.6) is 0 Å². The first-order chi connectivity index (χ1) is 9.16. The fourth-order valence-electron chi connectivity index (χ4n) is 3.07. The maximum absolute atomic E-state index is 5.98. The Morgan fingerprint density at radius 2 is 1.79 bits per heavy atom. The van der Waals surface area contributed by atoms with Gasteiger partial charge in [-0.3, -0.25) is 0 Å². The van der Waals surface area contributed by atoms with Crippen LogP contribution in [-0.2, 0) is 0 Å². The second-order valence-corrected chi connectivity index (χ2v) is 6.15. The summed E-state index contributed by atoms with van der Waals surface area (Å²) >= 11 is 0. The summed E-state index contributed by atoms with van der Waals surface area (Å²) in [5, 5.41) is 0. The first-order valence-corrected chi connectivity index (χ1v) is 7.67. The van der Waals surface area contributed by atoms with Crippen molar-refractivity contribution in [3.05, 3.63) is 35.9 Å². The summed E-state index contributed by atoms with van der Waals surface area (Å²) in [6, 6.07) is 12.0. The van der Waals surface area contributed by atoms with Crippen molar-refractivity contribution >= 4 is 0 Å². The number of hydrogen-bond acceptors (Lipinski definition) is 2. The normalized spacial score (nSPS) is 25.5. The third-order valence-corrected chi connectivity index (χ3v) is 4.65. The van der Waals surface area contributed by atoms with Gasteiger partial charge in [0.25, 0.3) is 0 Å². The molecule has 0 heterocycles. The van der Waals surface area contributed by atoms with Crippen LogP contribution in [0.25, 0.3) is 0 Å². The van der Waals surface area contributed by atoms with Gasteiger partial charge in [-0.05, 0) is 57.2 Å². The van der Waals surface area contributed by atoms with E-state index in [1.807, 2.05) is 0 Å². The average Bonchev–Trinajstić information content (AvgIpc) is 2.46. The van der Waals surface area contributed by atoms with Gasteiger partial charge in [0, 0.05) is 12.1 Å². The summed E-state index contributed by atoms with van der Waals surface area (Å²) in [5.41, 5.74) is 7.44. The average molecular weight is 260 g/mol. The van der Waals surface area contributed by atoms with Crippen molar-refractivity contribution in [2.75, 3.05) is 13.6 Å². The quantitative estimate of drug-likeness (QED) is 0.879. The predicted molar refractivity (Wildman–Crippen MR) is 82.3 cm³/mol. The molecular weight excluding hydrogens is 232 g/mol. The van der Waals surface area contributed by atoms with E-state index in [1.165, 1.54) is 44.2 Å². The lowest BCUT2D eigenvalue weighted by atomic mass is 9.90. The Morgan fingerprint density at radius 1 is 1.16 bits per heavy atom. The molecule has 2 heteroatoms. The molecule has 1 aromatic rings. The molecule has 0 aliphatic heterocycles. The molecule has 1 fully saturated rings. The molecule has 2 rings (SSSR count). The lowest BCUT2D eigenvalue weighted by molar-refractivity contribution is 0.179. The second-order valence-electron chi connectivity index (χ2n) is 6.15. The van der Waals surface area contributed by atoms with E-state index in [2.05, 4.69) is 49.2 Å². The number of hydrogen-bond donors (Lipinski definition) is 1. The topological polar surface area (TPSA) is 29.3 Å². The smallest absolute Gasteiger partial charge is 0.00933 e. The molecule has 1 atom stereocenters. The number of benzene rings is 1. The van der Waals surface area contributed by atoms with Crippen molar-refractivity contribution in [1.29, 1.82) is 0 Å². The SMILES string of the molecule is CC(CCN(C)C1CCC(N)CC1)c1ccccc1. The summed E-state index contributed by atoms with van der Waals surface area (Å²) < 4.78 is 0. The Bertz CT molecular complexity index is 355. The van der Waals surface area contributed by atoms with Gasteiger partial charge in [0.2, 0.25) is 0 Å². The van der Waals surface area contributed by atoms with Gasteiger partial charge in [-0.1, -0.05) is 37.3 Å². The lowest BCUT2D eigenvalue weighted by Crippen LogP contribution is -2.39. The molecule has 1 aliphatic carbocycles. The van der Waals surface area contributed by atoms with Gasteiger partial charge in [-0.15, -0.1) is 0 Å². The first-order valence-electron chi connectivity index (χ1n) is 7.67. The highest BCUT2D eigenvalue weighted by atomic mass is 15.1. The fraction of sp³-hybridized carbons (Fsp3) is 0.647. The van der Waals surface area contributed by atoms with Crippen molar-refractivity contribution in [2.45, 2.75) is 57.0 Å². The van der Waals surface area contributed by atoms with Crippen molar-refractivity contribution < 1.29 is 0 Å². The van der Waals surface area contributed by atoms with Gasteiger partial charge >= 0.3 is 0 Å². The highest BCUT2D eigenvalue weighted by molar-refractivity contribution is 5.18. The Balaban J connectivity index is 1.75. The zero-order chi connectivity index (χ0) is 13.7. The van der Waals surface area contributed by atoms with Crippen LogP contribution in [0, 0.1) is 0 Å². The number of rotatable bonds is 5. The van der Waals surface area contributed by atoms with E-state index >= 15 is 0 Å². The van der Waals surface area contributed by atoms with Crippen LogP contribution in [0.1, 0.15) is 50.5 Å². The maximum atomic E-state index is 5.98. The van der Waals surface area contributed by atoms with Gasteiger partial charge in [0.15, 0.2) is 0 Å². The Morgan fingerprint density at radius 3 is 2.42 bits per heavy atom. The highest BCUT2D eigenvalue weighted by Crippen LogP contribution is 2.23. The Labute approximate surface area is 118 Å². The summed E-state index contributed by atoms with van der Waals surface area (Å²) in [7, 11) is 2.28. The molecule has 0 radical (unpaired) electrons. The van der Waals surface area contributed by atoms with Gasteiger partial charge in [-0.2, -0.15) is 0 Å². The summed E-state index contributed by atoms with van der Waals surface area (Å²) in [6.07, 6.45) is 6.18. The zero-order valence-electron chi connectivity index (χ0n) is 12.4. The van der Waals surface area contributed by atoms with Crippen LogP contribution in [0.3, 0.4) is 0 Å². The van der Waals surface area contributed by atoms with Crippen LogP contribution in [-0.4, -0.2) is 30.6 Å². The Kier molecular flexibility index (Phi) is 5.41. The molecule has 0 amide bonds. The monoisotopic (exact) mass is 260 g/mol. The maximum Gasteiger partial charge on any atom is 0.00933 e. The van der Waals surface area contributed by atoms with E-state index in [9.17, 15) is 0 Å². The predicted octanol–water partition coefficient (Wildman–Crippen LogP) is 3.38. The molecule has 106 valence electrons. The minimum Gasteiger partial charge on any atom is -0.328 e. The van der Waals surface area contributed by atoms with E-state index in [-0.39, 0.29) is 0 Å². The molecule has 1 saturated carbocycles. The standard InChI is InChI=1S/C17H28N2/c1-14(15-6-4-3-5-7-15)12-13-19(2)17-10-8-16(18)9-11-17/h3-7,14,16-17H,8-13,18H2,1-2H3. The van der Waals surface area contributed by atoms with E-state index in [0.717, 1.165) is 6.04 Å². The van der Waals surface area contributed by atoms with Gasteiger partial charge in [0.05, 0.1) is 0 Å². The van der Waals surface area contributed by atoms with Crippen LogP contribution in [0.2, 0.25) is 0 Å². The van der Waals surface area contributed by atoms with Crippen LogP contribution in [0.4, 0.5) is 0 Å². The van der Waals surface area contributed by atoms with E-state index in [0.29, 0.717) is 12.0 Å². The summed E-state index contributed by atoms with van der Waals surface area (Å²) in [4.78, 5) is 2.55. The molecular formula is C17H28N2. The van der Waals surface area contributed by atoms with Crippen LogP contribution in [0.15, 0.2) is 30.3 Å². The minimum absolute atomic E-state index is 0.452. The summed E-state index contributed by atoms with van der Waals surface area (Å²) in [5.74, 6) is 0.648. The van der Waals surface area contributed by atoms with Crippen molar-refractivity contribution in [3.63, 3.8) is 0 Å². The molecule has 19 heavy (non-hydrogen) atoms. The van der Waals surface area contributed by atoms with Crippen molar-refractivity contribution in [2.24, 2.45) is 5.73 Å². The third kappa shape index (κ3) is 4.32. The fourth-order valence-corrected chi connectivity index (χ4v) is 3.07. The Hall–Kier alpha value is -0.860. The van der Waals surface area contributed by atoms with Crippen molar-refractivity contribution in [3.8, 4) is 0 Å². The second kappa shape index (κ2) is 7.06. The molecule has 2 nitrogen and oxygen atoms in total. The molecule has 0 bridgehead atoms. The van der Waals surface area contributed by atoms with Gasteiger partial charge < -0.3 is 10.6 Å². The highest BCUT2D eigenvalue weighted by Gasteiger charge is 2.21. The number of nitrogens with two attached hydrogens (primary N) is 1. The lowest BCUT2D eigenvalue weighted by Gasteiger charge is -2.34. The van der Waals surface area contributed by atoms with Gasteiger partial charge in [0.1, 0.15) is 0 Å². The third-order valence-electron chi connectivity index (χ3n) is 4.65. The van der Waals surface area contributed by atoms with Crippen LogP contribution < -0.4 is 5.73 Å². The molecule has 1 unspecified atom stereocenters. The van der Waals surface area contributed by atoms with E-state index < -0.39 is 0 Å². The number of nitrogens with zero attached hydrogens (tertiary/aromatic N) is 1. The molecule has 0 aromatic heterocycles. The molecule has 0 saturated heterocycles. The molecule has 1 aliphatic rings. The zero-order valence-corrected chi connectivity index (χ0v) is 12.4. The molecule has 0 spiro atoms. The van der Waals surface area contributed by atoms with E-state index in [4.69, 9.17) is 5.73 Å². The largest absolute Gasteiger partial charge is 0.328 e. The molecule has 2 N–H and O–H groups in total. The van der Waals surface area contributed by atoms with E-state index in [1.54, 1.807) is 0 Å². The van der Waals surface area contributed by atoms with Gasteiger partial charge in [-0.25, -0.2) is 0 Å².